The summed E-state index contributed by atoms with van der Waals surface area (Å²) in [5, 5.41) is 18.0. The summed E-state index contributed by atoms with van der Waals surface area (Å²) in [7, 11) is 0. The molecule has 0 radical (unpaired) electrons. The van der Waals surface area contributed by atoms with Gasteiger partial charge in [-0.15, -0.1) is 0 Å². The standard InChI is InChI=1S/C34H32N2/c1-24(36-34-31-19-8-4-15-27(31)23-28-16-5-9-20-32(28)34)12-10-11-21-35-33-29-17-6-2-13-25(29)22-26-14-3-7-18-30(26)33/h2-9,13-20,22-24,35-36H,10-12,21H2,1H3. The van der Waals surface area contributed by atoms with Crippen LogP contribution in [0, 0.1) is 0 Å². The van der Waals surface area contributed by atoms with Crippen molar-refractivity contribution in [2.45, 2.75) is 32.2 Å². The Bertz CT molecular complexity index is 1560. The molecule has 0 aliphatic carbocycles. The van der Waals surface area contributed by atoms with Gasteiger partial charge in [-0.1, -0.05) is 97.1 Å². The SMILES string of the molecule is CC(CCCCNc1c2ccccc2cc2ccccc12)Nc1c2ccccc2cc2ccccc12. The highest BCUT2D eigenvalue weighted by molar-refractivity contribution is 6.12. The van der Waals surface area contributed by atoms with Crippen LogP contribution in [0.2, 0.25) is 0 Å². The number of anilines is 2. The van der Waals surface area contributed by atoms with Gasteiger partial charge in [-0.25, -0.2) is 0 Å². The van der Waals surface area contributed by atoms with E-state index < -0.39 is 0 Å². The molecule has 2 heteroatoms. The molecule has 2 nitrogen and oxygen atoms in total. The second-order valence-corrected chi connectivity index (χ2v) is 9.86. The van der Waals surface area contributed by atoms with Gasteiger partial charge in [-0.05, 0) is 59.9 Å². The van der Waals surface area contributed by atoms with Crippen molar-refractivity contribution < 1.29 is 0 Å². The third-order valence-corrected chi connectivity index (χ3v) is 7.30. The number of benzene rings is 6. The van der Waals surface area contributed by atoms with Gasteiger partial charge >= 0.3 is 0 Å². The van der Waals surface area contributed by atoms with Crippen LogP contribution < -0.4 is 10.6 Å². The normalized spacial score (nSPS) is 12.4. The fourth-order valence-corrected chi connectivity index (χ4v) is 5.48. The van der Waals surface area contributed by atoms with Crippen molar-refractivity contribution in [3.05, 3.63) is 109 Å². The maximum Gasteiger partial charge on any atom is 0.0501 e. The quantitative estimate of drug-likeness (QED) is 0.172. The average Bonchev–Trinajstić information content (AvgIpc) is 2.92. The Morgan fingerprint density at radius 1 is 0.528 bits per heavy atom. The summed E-state index contributed by atoms with van der Waals surface area (Å²) in [6.07, 6.45) is 3.45. The predicted octanol–water partition coefficient (Wildman–Crippen LogP) is 9.38. The molecule has 36 heavy (non-hydrogen) atoms. The van der Waals surface area contributed by atoms with Gasteiger partial charge in [-0.2, -0.15) is 0 Å². The molecule has 178 valence electrons. The molecular weight excluding hydrogens is 436 g/mol. The highest BCUT2D eigenvalue weighted by atomic mass is 14.9. The molecule has 0 fully saturated rings. The molecule has 6 aromatic rings. The number of nitrogens with one attached hydrogen (secondary N) is 2. The topological polar surface area (TPSA) is 24.1 Å². The summed E-state index contributed by atoms with van der Waals surface area (Å²) in [5.74, 6) is 0. The van der Waals surface area contributed by atoms with Crippen LogP contribution >= 0.6 is 0 Å². The minimum atomic E-state index is 0.401. The van der Waals surface area contributed by atoms with E-state index in [1.54, 1.807) is 0 Å². The fraction of sp³-hybridized carbons (Fsp3) is 0.176. The second-order valence-electron chi connectivity index (χ2n) is 9.86. The Morgan fingerprint density at radius 2 is 0.944 bits per heavy atom. The first-order valence-electron chi connectivity index (χ1n) is 13.1. The average molecular weight is 469 g/mol. The monoisotopic (exact) mass is 468 g/mol. The Kier molecular flexibility index (Phi) is 6.17. The van der Waals surface area contributed by atoms with Gasteiger partial charge in [0.25, 0.3) is 0 Å². The number of rotatable bonds is 8. The van der Waals surface area contributed by atoms with Crippen molar-refractivity contribution in [1.29, 1.82) is 0 Å². The Morgan fingerprint density at radius 3 is 1.42 bits per heavy atom. The molecular formula is C34H32N2. The van der Waals surface area contributed by atoms with Gasteiger partial charge in [0, 0.05) is 39.8 Å². The van der Waals surface area contributed by atoms with Crippen LogP contribution in [0.1, 0.15) is 26.2 Å². The molecule has 0 amide bonds. The van der Waals surface area contributed by atoms with Gasteiger partial charge in [0.15, 0.2) is 0 Å². The van der Waals surface area contributed by atoms with Crippen molar-refractivity contribution >= 4 is 54.5 Å². The number of hydrogen-bond donors (Lipinski definition) is 2. The van der Waals surface area contributed by atoms with Gasteiger partial charge in [-0.3, -0.25) is 0 Å². The largest absolute Gasteiger partial charge is 0.384 e. The maximum atomic E-state index is 3.86. The maximum absolute atomic E-state index is 3.86. The third kappa shape index (κ3) is 4.35. The zero-order chi connectivity index (χ0) is 24.3. The minimum absolute atomic E-state index is 0.401. The van der Waals surface area contributed by atoms with Crippen molar-refractivity contribution in [3.63, 3.8) is 0 Å². The third-order valence-electron chi connectivity index (χ3n) is 7.30. The molecule has 2 N–H and O–H groups in total. The lowest BCUT2D eigenvalue weighted by molar-refractivity contribution is 0.635. The first-order chi connectivity index (χ1) is 17.8. The molecule has 0 aliphatic heterocycles. The van der Waals surface area contributed by atoms with Gasteiger partial charge in [0.1, 0.15) is 0 Å². The van der Waals surface area contributed by atoms with E-state index in [-0.39, 0.29) is 0 Å². The number of hydrogen-bond acceptors (Lipinski definition) is 2. The molecule has 0 saturated heterocycles. The number of unbranched alkanes of at least 4 members (excludes halogenated alkanes) is 1. The summed E-state index contributed by atoms with van der Waals surface area (Å²) in [5.41, 5.74) is 2.52. The van der Waals surface area contributed by atoms with E-state index in [1.165, 1.54) is 60.9 Å². The van der Waals surface area contributed by atoms with Crippen LogP contribution in [-0.4, -0.2) is 12.6 Å². The number of fused-ring (bicyclic) bond motifs is 4. The highest BCUT2D eigenvalue weighted by Crippen LogP contribution is 2.34. The van der Waals surface area contributed by atoms with Crippen LogP contribution in [0.15, 0.2) is 109 Å². The zero-order valence-corrected chi connectivity index (χ0v) is 20.8. The second kappa shape index (κ2) is 9.91. The first-order valence-corrected chi connectivity index (χ1v) is 13.1. The Hall–Kier alpha value is -4.04. The summed E-state index contributed by atoms with van der Waals surface area (Å²) >= 11 is 0. The molecule has 0 aromatic heterocycles. The lowest BCUT2D eigenvalue weighted by Gasteiger charge is -2.19. The van der Waals surface area contributed by atoms with Crippen LogP contribution in [0.4, 0.5) is 11.4 Å². The van der Waals surface area contributed by atoms with Gasteiger partial charge in [0.05, 0.1) is 5.69 Å². The molecule has 0 bridgehead atoms. The lowest BCUT2D eigenvalue weighted by Crippen LogP contribution is -2.16. The lowest BCUT2D eigenvalue weighted by atomic mass is 10.00. The molecule has 6 aromatic carbocycles. The smallest absolute Gasteiger partial charge is 0.0501 e. The summed E-state index contributed by atoms with van der Waals surface area (Å²) in [4.78, 5) is 0. The summed E-state index contributed by atoms with van der Waals surface area (Å²) in [6, 6.07) is 39.7. The summed E-state index contributed by atoms with van der Waals surface area (Å²) in [6.45, 7) is 3.28. The van der Waals surface area contributed by atoms with Gasteiger partial charge < -0.3 is 10.6 Å². The highest BCUT2D eigenvalue weighted by Gasteiger charge is 2.11. The first kappa shape index (κ1) is 22.4. The van der Waals surface area contributed by atoms with Crippen LogP contribution in [-0.2, 0) is 0 Å². The van der Waals surface area contributed by atoms with Crippen molar-refractivity contribution in [1.82, 2.24) is 0 Å². The molecule has 0 heterocycles. The van der Waals surface area contributed by atoms with Crippen LogP contribution in [0.5, 0.6) is 0 Å². The zero-order valence-electron chi connectivity index (χ0n) is 20.8. The van der Waals surface area contributed by atoms with Crippen LogP contribution in [0.3, 0.4) is 0 Å². The van der Waals surface area contributed by atoms with Gasteiger partial charge in [0.2, 0.25) is 0 Å². The van der Waals surface area contributed by atoms with Crippen molar-refractivity contribution in [2.24, 2.45) is 0 Å². The summed E-state index contributed by atoms with van der Waals surface area (Å²) < 4.78 is 0. The fourth-order valence-electron chi connectivity index (χ4n) is 5.48. The predicted molar refractivity (Wildman–Crippen MR) is 158 cm³/mol. The van der Waals surface area contributed by atoms with E-state index in [0.29, 0.717) is 6.04 Å². The van der Waals surface area contributed by atoms with E-state index in [0.717, 1.165) is 19.4 Å². The molecule has 0 aliphatic rings. The molecule has 6 rings (SSSR count). The minimum Gasteiger partial charge on any atom is -0.384 e. The molecule has 1 unspecified atom stereocenters. The molecule has 1 atom stereocenters. The van der Waals surface area contributed by atoms with E-state index in [4.69, 9.17) is 0 Å². The van der Waals surface area contributed by atoms with Crippen molar-refractivity contribution in [2.75, 3.05) is 17.2 Å². The van der Waals surface area contributed by atoms with Crippen LogP contribution in [0.25, 0.3) is 43.1 Å². The Balaban J connectivity index is 1.13. The van der Waals surface area contributed by atoms with E-state index in [1.807, 2.05) is 0 Å². The van der Waals surface area contributed by atoms with E-state index in [9.17, 15) is 0 Å². The van der Waals surface area contributed by atoms with E-state index in [2.05, 4.69) is 127 Å². The van der Waals surface area contributed by atoms with Crippen molar-refractivity contribution in [3.8, 4) is 0 Å². The van der Waals surface area contributed by atoms with E-state index >= 15 is 0 Å². The Labute approximate surface area is 213 Å². The molecule has 0 saturated carbocycles. The molecule has 0 spiro atoms.